The molecule has 1 heterocycles. The Labute approximate surface area is 153 Å². The highest BCUT2D eigenvalue weighted by Gasteiger charge is 2.31. The minimum atomic E-state index is 0.0207. The van der Waals surface area contributed by atoms with Gasteiger partial charge in [0.25, 0.3) is 0 Å². The standard InChI is InChI=1S/C21H35N3O/c1-17(2)15-19(22)16-24-14-8-12-20(24)21(25)23-13-7-6-11-18-9-4-3-5-10-18/h3-5,9-10,17,19-20H,6-8,11-16,22H2,1-2H3,(H,23,25)/t19-,20-/m0/s1. The third kappa shape index (κ3) is 7.17. The van der Waals surface area contributed by atoms with E-state index in [1.807, 2.05) is 6.07 Å². The molecular weight excluding hydrogens is 310 g/mol. The van der Waals surface area contributed by atoms with Crippen molar-refractivity contribution in [1.29, 1.82) is 0 Å². The number of nitrogens with two attached hydrogens (primary N) is 1. The zero-order valence-electron chi connectivity index (χ0n) is 15.9. The van der Waals surface area contributed by atoms with Gasteiger partial charge in [0.2, 0.25) is 5.91 Å². The predicted octanol–water partition coefficient (Wildman–Crippen LogP) is 2.96. The fourth-order valence-corrected chi connectivity index (χ4v) is 3.75. The van der Waals surface area contributed by atoms with Gasteiger partial charge in [-0.25, -0.2) is 0 Å². The fraction of sp³-hybridized carbons (Fsp3) is 0.667. The van der Waals surface area contributed by atoms with Crippen molar-refractivity contribution >= 4 is 5.91 Å². The monoisotopic (exact) mass is 345 g/mol. The molecule has 1 amide bonds. The largest absolute Gasteiger partial charge is 0.355 e. The first kappa shape index (κ1) is 19.9. The van der Waals surface area contributed by atoms with Gasteiger partial charge in [-0.1, -0.05) is 44.2 Å². The van der Waals surface area contributed by atoms with Crippen LogP contribution in [0.1, 0.15) is 51.5 Å². The zero-order valence-corrected chi connectivity index (χ0v) is 15.9. The number of likely N-dealkylation sites (tertiary alicyclic amines) is 1. The van der Waals surface area contributed by atoms with E-state index in [9.17, 15) is 4.79 Å². The number of carbonyl (C=O) groups excluding carboxylic acids is 1. The molecule has 4 nitrogen and oxygen atoms in total. The van der Waals surface area contributed by atoms with E-state index in [0.717, 1.165) is 58.2 Å². The summed E-state index contributed by atoms with van der Waals surface area (Å²) in [4.78, 5) is 14.8. The molecule has 1 saturated heterocycles. The van der Waals surface area contributed by atoms with Gasteiger partial charge in [0.05, 0.1) is 6.04 Å². The van der Waals surface area contributed by atoms with Crippen molar-refractivity contribution in [1.82, 2.24) is 10.2 Å². The van der Waals surface area contributed by atoms with Crippen molar-refractivity contribution in [2.45, 2.75) is 64.5 Å². The zero-order chi connectivity index (χ0) is 18.1. The van der Waals surface area contributed by atoms with Gasteiger partial charge in [-0.3, -0.25) is 9.69 Å². The van der Waals surface area contributed by atoms with Crippen molar-refractivity contribution in [3.8, 4) is 0 Å². The molecule has 1 fully saturated rings. The number of rotatable bonds is 10. The molecule has 1 aliphatic rings. The summed E-state index contributed by atoms with van der Waals surface area (Å²) in [7, 11) is 0. The van der Waals surface area contributed by atoms with Crippen LogP contribution in [-0.4, -0.2) is 42.5 Å². The Balaban J connectivity index is 1.65. The van der Waals surface area contributed by atoms with E-state index in [-0.39, 0.29) is 18.0 Å². The predicted molar refractivity (Wildman–Crippen MR) is 104 cm³/mol. The molecule has 0 bridgehead atoms. The fourth-order valence-electron chi connectivity index (χ4n) is 3.75. The van der Waals surface area contributed by atoms with Crippen LogP contribution in [0.25, 0.3) is 0 Å². The maximum absolute atomic E-state index is 12.5. The third-order valence-electron chi connectivity index (χ3n) is 4.94. The van der Waals surface area contributed by atoms with Crippen LogP contribution in [0.4, 0.5) is 0 Å². The van der Waals surface area contributed by atoms with Gasteiger partial charge in [0, 0.05) is 19.1 Å². The van der Waals surface area contributed by atoms with Crippen LogP contribution in [0.15, 0.2) is 30.3 Å². The molecule has 0 aliphatic carbocycles. The minimum Gasteiger partial charge on any atom is -0.355 e. The summed E-state index contributed by atoms with van der Waals surface area (Å²) >= 11 is 0. The lowest BCUT2D eigenvalue weighted by Crippen LogP contribution is -2.47. The van der Waals surface area contributed by atoms with E-state index in [4.69, 9.17) is 5.73 Å². The molecule has 0 spiro atoms. The van der Waals surface area contributed by atoms with E-state index in [1.54, 1.807) is 0 Å². The SMILES string of the molecule is CC(C)C[C@H](N)CN1CCC[C@H]1C(=O)NCCCCc1ccccc1. The van der Waals surface area contributed by atoms with E-state index in [2.05, 4.69) is 48.3 Å². The average Bonchev–Trinajstić information content (AvgIpc) is 3.02. The molecule has 1 aliphatic heterocycles. The van der Waals surface area contributed by atoms with Gasteiger partial charge >= 0.3 is 0 Å². The van der Waals surface area contributed by atoms with Crippen LogP contribution in [0.3, 0.4) is 0 Å². The van der Waals surface area contributed by atoms with Gasteiger partial charge in [-0.15, -0.1) is 0 Å². The van der Waals surface area contributed by atoms with Crippen LogP contribution >= 0.6 is 0 Å². The lowest BCUT2D eigenvalue weighted by Gasteiger charge is -2.27. The van der Waals surface area contributed by atoms with Crippen LogP contribution < -0.4 is 11.1 Å². The lowest BCUT2D eigenvalue weighted by molar-refractivity contribution is -0.125. The molecule has 140 valence electrons. The maximum atomic E-state index is 12.5. The summed E-state index contributed by atoms with van der Waals surface area (Å²) in [6.45, 7) is 7.00. The van der Waals surface area contributed by atoms with Crippen LogP contribution in [0, 0.1) is 5.92 Å². The second-order valence-electron chi connectivity index (χ2n) is 7.78. The Hall–Kier alpha value is -1.39. The van der Waals surface area contributed by atoms with E-state index in [1.165, 1.54) is 5.56 Å². The Bertz CT molecular complexity index is 503. The van der Waals surface area contributed by atoms with Crippen LogP contribution in [0.5, 0.6) is 0 Å². The molecule has 2 rings (SSSR count). The Morgan fingerprint density at radius 2 is 2.04 bits per heavy atom. The summed E-state index contributed by atoms with van der Waals surface area (Å²) in [5.74, 6) is 0.795. The normalized spacial score (nSPS) is 19.3. The molecule has 4 heteroatoms. The van der Waals surface area contributed by atoms with Crippen molar-refractivity contribution < 1.29 is 4.79 Å². The molecule has 0 radical (unpaired) electrons. The highest BCUT2D eigenvalue weighted by Crippen LogP contribution is 2.18. The first-order valence-electron chi connectivity index (χ1n) is 9.87. The molecule has 0 unspecified atom stereocenters. The molecular formula is C21H35N3O. The summed E-state index contributed by atoms with van der Waals surface area (Å²) in [6.07, 6.45) is 6.30. The second-order valence-corrected chi connectivity index (χ2v) is 7.78. The topological polar surface area (TPSA) is 58.4 Å². The smallest absolute Gasteiger partial charge is 0.237 e. The number of nitrogens with one attached hydrogen (secondary N) is 1. The Kier molecular flexibility index (Phi) is 8.42. The first-order chi connectivity index (χ1) is 12.1. The van der Waals surface area contributed by atoms with Crippen LogP contribution in [-0.2, 0) is 11.2 Å². The van der Waals surface area contributed by atoms with Crippen molar-refractivity contribution in [3.63, 3.8) is 0 Å². The molecule has 3 N–H and O–H groups in total. The summed E-state index contributed by atoms with van der Waals surface area (Å²) in [5.41, 5.74) is 7.61. The summed E-state index contributed by atoms with van der Waals surface area (Å²) < 4.78 is 0. The number of nitrogens with zero attached hydrogens (tertiary/aromatic N) is 1. The van der Waals surface area contributed by atoms with Crippen molar-refractivity contribution in [3.05, 3.63) is 35.9 Å². The Morgan fingerprint density at radius 3 is 2.76 bits per heavy atom. The second kappa shape index (κ2) is 10.6. The highest BCUT2D eigenvalue weighted by molar-refractivity contribution is 5.82. The van der Waals surface area contributed by atoms with Gasteiger partial charge in [-0.2, -0.15) is 0 Å². The van der Waals surface area contributed by atoms with Crippen molar-refractivity contribution in [2.75, 3.05) is 19.6 Å². The Morgan fingerprint density at radius 1 is 1.28 bits per heavy atom. The van der Waals surface area contributed by atoms with Gasteiger partial charge < -0.3 is 11.1 Å². The van der Waals surface area contributed by atoms with Gasteiger partial charge in [-0.05, 0) is 56.6 Å². The van der Waals surface area contributed by atoms with E-state index >= 15 is 0 Å². The van der Waals surface area contributed by atoms with Gasteiger partial charge in [0.15, 0.2) is 0 Å². The van der Waals surface area contributed by atoms with E-state index in [0.29, 0.717) is 5.92 Å². The maximum Gasteiger partial charge on any atom is 0.237 e. The molecule has 1 aromatic carbocycles. The molecule has 1 aromatic rings. The quantitative estimate of drug-likeness (QED) is 0.641. The average molecular weight is 346 g/mol. The number of hydrogen-bond donors (Lipinski definition) is 2. The minimum absolute atomic E-state index is 0.0207. The molecule has 0 saturated carbocycles. The number of amides is 1. The third-order valence-corrected chi connectivity index (χ3v) is 4.94. The first-order valence-corrected chi connectivity index (χ1v) is 9.87. The molecule has 25 heavy (non-hydrogen) atoms. The summed E-state index contributed by atoms with van der Waals surface area (Å²) in [5, 5.41) is 3.13. The van der Waals surface area contributed by atoms with E-state index < -0.39 is 0 Å². The van der Waals surface area contributed by atoms with Crippen LogP contribution in [0.2, 0.25) is 0 Å². The number of benzene rings is 1. The lowest BCUT2D eigenvalue weighted by atomic mass is 10.0. The number of unbranched alkanes of at least 4 members (excludes halogenated alkanes) is 1. The number of hydrogen-bond acceptors (Lipinski definition) is 3. The molecule has 0 aromatic heterocycles. The number of carbonyl (C=O) groups is 1. The van der Waals surface area contributed by atoms with Gasteiger partial charge in [0.1, 0.15) is 0 Å². The highest BCUT2D eigenvalue weighted by atomic mass is 16.2. The number of aryl methyl sites for hydroxylation is 1. The molecule has 2 atom stereocenters. The summed E-state index contributed by atoms with van der Waals surface area (Å²) in [6, 6.07) is 10.7. The van der Waals surface area contributed by atoms with Crippen molar-refractivity contribution in [2.24, 2.45) is 11.7 Å².